The smallest absolute Gasteiger partial charge is 0.305 e. The van der Waals surface area contributed by atoms with Gasteiger partial charge in [0.05, 0.1) is 10.5 Å². The van der Waals surface area contributed by atoms with Gasteiger partial charge in [0.2, 0.25) is 5.82 Å². The zero-order valence-electron chi connectivity index (χ0n) is 13.0. The Morgan fingerprint density at radius 2 is 2.04 bits per heavy atom. The second-order valence-corrected chi connectivity index (χ2v) is 4.90. The van der Waals surface area contributed by atoms with Crippen molar-refractivity contribution in [2.24, 2.45) is 5.73 Å². The van der Waals surface area contributed by atoms with Gasteiger partial charge in [0.1, 0.15) is 5.75 Å². The number of ether oxygens (including phenoxy) is 1. The summed E-state index contributed by atoms with van der Waals surface area (Å²) in [6.07, 6.45) is 1.36. The van der Waals surface area contributed by atoms with Crippen molar-refractivity contribution >= 4 is 24.0 Å². The Kier molecular flexibility index (Phi) is 8.49. The van der Waals surface area contributed by atoms with E-state index in [2.05, 4.69) is 5.32 Å². The molecule has 1 amide bonds. The van der Waals surface area contributed by atoms with Gasteiger partial charge >= 0.3 is 5.69 Å². The van der Waals surface area contributed by atoms with E-state index in [4.69, 9.17) is 10.5 Å². The molecule has 0 aromatic heterocycles. The van der Waals surface area contributed by atoms with Crippen molar-refractivity contribution < 1.29 is 18.8 Å². The molecule has 7 nitrogen and oxygen atoms in total. The fourth-order valence-corrected chi connectivity index (χ4v) is 1.97. The number of nitrogens with one attached hydrogen (secondary N) is 1. The largest absolute Gasteiger partial charge is 0.484 e. The number of nitro benzene ring substituents is 1. The lowest BCUT2D eigenvalue weighted by atomic mass is 9.93. The summed E-state index contributed by atoms with van der Waals surface area (Å²) in [7, 11) is 0. The normalized spacial score (nSPS) is 10.6. The van der Waals surface area contributed by atoms with Gasteiger partial charge in [-0.25, -0.2) is 0 Å². The van der Waals surface area contributed by atoms with Crippen LogP contribution in [0.5, 0.6) is 5.75 Å². The number of nitrogens with zero attached hydrogens (tertiary/aromatic N) is 1. The molecule has 130 valence electrons. The monoisotopic (exact) mass is 349 g/mol. The van der Waals surface area contributed by atoms with Crippen LogP contribution in [0.2, 0.25) is 0 Å². The van der Waals surface area contributed by atoms with Crippen molar-refractivity contribution in [2.75, 3.05) is 13.2 Å². The first-order chi connectivity index (χ1) is 10.4. The average molecular weight is 350 g/mol. The fourth-order valence-electron chi connectivity index (χ4n) is 1.97. The number of carbonyl (C=O) groups is 1. The Labute approximate surface area is 139 Å². The highest BCUT2D eigenvalue weighted by molar-refractivity contribution is 5.85. The van der Waals surface area contributed by atoms with E-state index < -0.39 is 22.0 Å². The van der Waals surface area contributed by atoms with Gasteiger partial charge in [-0.1, -0.05) is 13.8 Å². The van der Waals surface area contributed by atoms with E-state index in [1.807, 2.05) is 13.8 Å². The van der Waals surface area contributed by atoms with Crippen LogP contribution in [-0.2, 0) is 4.79 Å². The number of hydrogen-bond acceptors (Lipinski definition) is 5. The van der Waals surface area contributed by atoms with Crippen molar-refractivity contribution in [2.45, 2.75) is 32.2 Å². The molecule has 0 heterocycles. The number of nitro groups is 1. The highest BCUT2D eigenvalue weighted by Gasteiger charge is 2.26. The van der Waals surface area contributed by atoms with E-state index >= 15 is 0 Å². The molecule has 1 rings (SSSR count). The maximum absolute atomic E-state index is 13.4. The highest BCUT2D eigenvalue weighted by Crippen LogP contribution is 2.22. The summed E-state index contributed by atoms with van der Waals surface area (Å²) in [5.41, 5.74) is 4.55. The molecule has 0 fully saturated rings. The third-order valence-corrected chi connectivity index (χ3v) is 3.63. The number of benzene rings is 1. The maximum atomic E-state index is 13.4. The maximum Gasteiger partial charge on any atom is 0.305 e. The van der Waals surface area contributed by atoms with E-state index in [1.165, 1.54) is 6.07 Å². The highest BCUT2D eigenvalue weighted by atomic mass is 35.5. The molecule has 0 radical (unpaired) electrons. The molecule has 0 aliphatic rings. The van der Waals surface area contributed by atoms with Crippen molar-refractivity contribution in [3.05, 3.63) is 34.1 Å². The predicted octanol–water partition coefficient (Wildman–Crippen LogP) is 2.17. The van der Waals surface area contributed by atoms with E-state index in [1.54, 1.807) is 0 Å². The summed E-state index contributed by atoms with van der Waals surface area (Å²) in [5.74, 6) is -1.35. The SMILES string of the molecule is CCC(CC)(CN)NC(=O)COc1ccc([N+](=O)[O-])c(F)c1.Cl. The first-order valence-electron chi connectivity index (χ1n) is 6.95. The summed E-state index contributed by atoms with van der Waals surface area (Å²) >= 11 is 0. The van der Waals surface area contributed by atoms with Gasteiger partial charge in [-0.05, 0) is 18.9 Å². The molecule has 0 unspecified atom stereocenters. The molecule has 0 saturated heterocycles. The number of rotatable bonds is 8. The lowest BCUT2D eigenvalue weighted by Gasteiger charge is -2.31. The molecule has 3 N–H and O–H groups in total. The molecular weight excluding hydrogens is 329 g/mol. The lowest BCUT2D eigenvalue weighted by Crippen LogP contribution is -2.54. The Balaban J connectivity index is 0.00000484. The van der Waals surface area contributed by atoms with Gasteiger partial charge in [-0.2, -0.15) is 4.39 Å². The average Bonchev–Trinajstić information content (AvgIpc) is 2.50. The Bertz CT molecular complexity index is 545. The van der Waals surface area contributed by atoms with Crippen LogP contribution in [0.15, 0.2) is 18.2 Å². The minimum Gasteiger partial charge on any atom is -0.484 e. The van der Waals surface area contributed by atoms with E-state index in [9.17, 15) is 19.3 Å². The number of carbonyl (C=O) groups excluding carboxylic acids is 1. The van der Waals surface area contributed by atoms with Crippen LogP contribution in [0.3, 0.4) is 0 Å². The molecule has 0 saturated carbocycles. The van der Waals surface area contributed by atoms with Crippen LogP contribution in [-0.4, -0.2) is 29.5 Å². The summed E-state index contributed by atoms with van der Waals surface area (Å²) in [6, 6.07) is 3.11. The second kappa shape index (κ2) is 9.26. The summed E-state index contributed by atoms with van der Waals surface area (Å²) in [5, 5.41) is 13.3. The topological polar surface area (TPSA) is 107 Å². The van der Waals surface area contributed by atoms with Gasteiger partial charge in [0.25, 0.3) is 5.91 Å². The molecule has 9 heteroatoms. The van der Waals surface area contributed by atoms with Crippen molar-refractivity contribution in [3.8, 4) is 5.75 Å². The Hall–Kier alpha value is -1.93. The number of amides is 1. The fraction of sp³-hybridized carbons (Fsp3) is 0.500. The van der Waals surface area contributed by atoms with E-state index in [0.29, 0.717) is 19.4 Å². The second-order valence-electron chi connectivity index (χ2n) is 4.90. The van der Waals surface area contributed by atoms with Crippen LogP contribution in [0.25, 0.3) is 0 Å². The number of hydrogen-bond donors (Lipinski definition) is 2. The summed E-state index contributed by atoms with van der Waals surface area (Å²) in [6.45, 7) is 3.82. The van der Waals surface area contributed by atoms with Crippen LogP contribution in [0.1, 0.15) is 26.7 Å². The van der Waals surface area contributed by atoms with Gasteiger partial charge in [0, 0.05) is 18.7 Å². The zero-order chi connectivity index (χ0) is 16.8. The molecule has 1 aromatic rings. The van der Waals surface area contributed by atoms with Crippen LogP contribution in [0, 0.1) is 15.9 Å². The lowest BCUT2D eigenvalue weighted by molar-refractivity contribution is -0.387. The van der Waals surface area contributed by atoms with Gasteiger partial charge < -0.3 is 15.8 Å². The third kappa shape index (κ3) is 5.65. The molecule has 0 aliphatic heterocycles. The molecule has 0 bridgehead atoms. The van der Waals surface area contributed by atoms with Crippen LogP contribution >= 0.6 is 12.4 Å². The molecule has 1 aromatic carbocycles. The van der Waals surface area contributed by atoms with Crippen molar-refractivity contribution in [3.63, 3.8) is 0 Å². The third-order valence-electron chi connectivity index (χ3n) is 3.63. The number of halogens is 2. The Morgan fingerprint density at radius 3 is 2.48 bits per heavy atom. The quantitative estimate of drug-likeness (QED) is 0.552. The molecule has 23 heavy (non-hydrogen) atoms. The van der Waals surface area contributed by atoms with Crippen LogP contribution < -0.4 is 15.8 Å². The molecule has 0 spiro atoms. The number of nitrogens with two attached hydrogens (primary N) is 1. The van der Waals surface area contributed by atoms with E-state index in [0.717, 1.165) is 12.1 Å². The minimum atomic E-state index is -1.01. The van der Waals surface area contributed by atoms with Gasteiger partial charge in [0.15, 0.2) is 6.61 Å². The van der Waals surface area contributed by atoms with Gasteiger partial charge in [-0.15, -0.1) is 12.4 Å². The molecule has 0 aliphatic carbocycles. The van der Waals surface area contributed by atoms with Crippen molar-refractivity contribution in [1.82, 2.24) is 5.32 Å². The first-order valence-corrected chi connectivity index (χ1v) is 6.95. The Morgan fingerprint density at radius 1 is 1.43 bits per heavy atom. The van der Waals surface area contributed by atoms with Crippen molar-refractivity contribution in [1.29, 1.82) is 0 Å². The summed E-state index contributed by atoms with van der Waals surface area (Å²) < 4.78 is 18.6. The van der Waals surface area contributed by atoms with Crippen LogP contribution in [0.4, 0.5) is 10.1 Å². The van der Waals surface area contributed by atoms with Gasteiger partial charge in [-0.3, -0.25) is 14.9 Å². The predicted molar refractivity (Wildman–Crippen MR) is 86.3 cm³/mol. The standard InChI is InChI=1S/C14H20FN3O4.ClH/c1-3-14(4-2,9-16)17-13(19)8-22-10-5-6-12(18(20)21)11(15)7-10;/h5-7H,3-4,8-9,16H2,1-2H3,(H,17,19);1H. The first kappa shape index (κ1) is 21.1. The van der Waals surface area contributed by atoms with E-state index in [-0.39, 0.29) is 30.7 Å². The zero-order valence-corrected chi connectivity index (χ0v) is 13.8. The summed E-state index contributed by atoms with van der Waals surface area (Å²) in [4.78, 5) is 21.5. The minimum absolute atomic E-state index is 0. The molecule has 0 atom stereocenters. The molecular formula is C14H21ClFN3O4.